The van der Waals surface area contributed by atoms with E-state index in [2.05, 4.69) is 32.7 Å². The Morgan fingerprint density at radius 1 is 1.35 bits per heavy atom. The molecule has 1 aromatic carbocycles. The van der Waals surface area contributed by atoms with Crippen LogP contribution in [0.5, 0.6) is 5.75 Å². The van der Waals surface area contributed by atoms with Gasteiger partial charge in [-0.05, 0) is 43.5 Å². The third kappa shape index (κ3) is 5.08. The highest BCUT2D eigenvalue weighted by atomic mass is 16.5. The maximum Gasteiger partial charge on any atom is 0.119 e. The number of hydrogen-bond donors (Lipinski definition) is 1. The highest BCUT2D eigenvalue weighted by Crippen LogP contribution is 2.17. The first-order valence-corrected chi connectivity index (χ1v) is 8.45. The van der Waals surface area contributed by atoms with E-state index in [9.17, 15) is 0 Å². The molecule has 2 heterocycles. The minimum Gasteiger partial charge on any atom is -0.494 e. The molecule has 0 spiro atoms. The molecule has 3 rings (SSSR count). The smallest absolute Gasteiger partial charge is 0.119 e. The van der Waals surface area contributed by atoms with Crippen LogP contribution in [0, 0.1) is 0 Å². The van der Waals surface area contributed by atoms with E-state index < -0.39 is 0 Å². The summed E-state index contributed by atoms with van der Waals surface area (Å²) in [6.07, 6.45) is 8.94. The number of imidazole rings is 1. The van der Waals surface area contributed by atoms with E-state index in [4.69, 9.17) is 10.5 Å². The summed E-state index contributed by atoms with van der Waals surface area (Å²) in [5.41, 5.74) is 7.35. The molecule has 0 aliphatic carbocycles. The number of benzene rings is 1. The Kier molecular flexibility index (Phi) is 5.66. The molecule has 1 aliphatic heterocycles. The van der Waals surface area contributed by atoms with Gasteiger partial charge in [-0.25, -0.2) is 4.98 Å². The lowest BCUT2D eigenvalue weighted by Crippen LogP contribution is -2.42. The standard InChI is InChI=1S/C18H26N4O/c19-17-5-2-8-22(14-17)13-16-4-1-6-18(12-16)23-11-3-9-21-10-7-20-15-21/h1,4,6-7,10,12,15,17H,2-3,5,8-9,11,13-14,19H2/t17-/m1/s1. The molecule has 124 valence electrons. The van der Waals surface area contributed by atoms with E-state index >= 15 is 0 Å². The minimum atomic E-state index is 0.325. The van der Waals surface area contributed by atoms with Crippen LogP contribution in [-0.2, 0) is 13.1 Å². The summed E-state index contributed by atoms with van der Waals surface area (Å²) in [4.78, 5) is 6.48. The molecular formula is C18H26N4O. The second-order valence-electron chi connectivity index (χ2n) is 6.29. The zero-order chi connectivity index (χ0) is 15.9. The van der Waals surface area contributed by atoms with Crippen LogP contribution in [-0.4, -0.2) is 40.2 Å². The Labute approximate surface area is 138 Å². The van der Waals surface area contributed by atoms with Crippen LogP contribution in [0.15, 0.2) is 43.0 Å². The van der Waals surface area contributed by atoms with Crippen molar-refractivity contribution in [2.75, 3.05) is 19.7 Å². The number of likely N-dealkylation sites (tertiary alicyclic amines) is 1. The maximum absolute atomic E-state index is 6.06. The van der Waals surface area contributed by atoms with E-state index in [0.29, 0.717) is 6.04 Å². The van der Waals surface area contributed by atoms with Crippen LogP contribution in [0.1, 0.15) is 24.8 Å². The molecule has 0 bridgehead atoms. The molecule has 0 unspecified atom stereocenters. The van der Waals surface area contributed by atoms with Crippen molar-refractivity contribution in [1.29, 1.82) is 0 Å². The summed E-state index contributed by atoms with van der Waals surface area (Å²) in [6.45, 7) is 4.75. The van der Waals surface area contributed by atoms with Gasteiger partial charge in [-0.2, -0.15) is 0 Å². The number of hydrogen-bond acceptors (Lipinski definition) is 4. The second kappa shape index (κ2) is 8.13. The van der Waals surface area contributed by atoms with Crippen molar-refractivity contribution in [2.45, 2.75) is 38.4 Å². The molecule has 1 aliphatic rings. The zero-order valence-electron chi connectivity index (χ0n) is 13.6. The molecule has 1 aromatic heterocycles. The number of ether oxygens (including phenoxy) is 1. The average molecular weight is 314 g/mol. The molecule has 2 N–H and O–H groups in total. The molecule has 5 heteroatoms. The van der Waals surface area contributed by atoms with Gasteiger partial charge in [-0.15, -0.1) is 0 Å². The maximum atomic E-state index is 6.06. The topological polar surface area (TPSA) is 56.3 Å². The van der Waals surface area contributed by atoms with Gasteiger partial charge in [0.2, 0.25) is 0 Å². The van der Waals surface area contributed by atoms with Crippen molar-refractivity contribution in [3.05, 3.63) is 48.5 Å². The Bertz CT molecular complexity index is 584. The predicted octanol–water partition coefficient (Wildman–Crippen LogP) is 2.28. The lowest BCUT2D eigenvalue weighted by Gasteiger charge is -2.30. The first-order valence-electron chi connectivity index (χ1n) is 8.45. The normalized spacial score (nSPS) is 18.9. The van der Waals surface area contributed by atoms with E-state index in [0.717, 1.165) is 51.4 Å². The number of aryl methyl sites for hydroxylation is 1. The number of aromatic nitrogens is 2. The lowest BCUT2D eigenvalue weighted by molar-refractivity contribution is 0.201. The van der Waals surface area contributed by atoms with Gasteiger partial charge in [0.25, 0.3) is 0 Å². The Hall–Kier alpha value is -1.85. The quantitative estimate of drug-likeness (QED) is 0.797. The lowest BCUT2D eigenvalue weighted by atomic mass is 10.1. The molecular weight excluding hydrogens is 288 g/mol. The molecule has 5 nitrogen and oxygen atoms in total. The van der Waals surface area contributed by atoms with Crippen molar-refractivity contribution in [2.24, 2.45) is 5.73 Å². The Balaban J connectivity index is 1.45. The highest BCUT2D eigenvalue weighted by Gasteiger charge is 2.16. The van der Waals surface area contributed by atoms with Gasteiger partial charge in [0, 0.05) is 38.1 Å². The van der Waals surface area contributed by atoms with Gasteiger partial charge in [0.1, 0.15) is 5.75 Å². The monoisotopic (exact) mass is 314 g/mol. The van der Waals surface area contributed by atoms with Gasteiger partial charge in [-0.3, -0.25) is 4.90 Å². The predicted molar refractivity (Wildman–Crippen MR) is 91.3 cm³/mol. The molecule has 0 radical (unpaired) electrons. The summed E-state index contributed by atoms with van der Waals surface area (Å²) >= 11 is 0. The van der Waals surface area contributed by atoms with Gasteiger partial charge in [0.05, 0.1) is 12.9 Å². The summed E-state index contributed by atoms with van der Waals surface area (Å²) in [6, 6.07) is 8.74. The van der Waals surface area contributed by atoms with Crippen molar-refractivity contribution in [3.8, 4) is 5.75 Å². The van der Waals surface area contributed by atoms with Crippen LogP contribution in [0.4, 0.5) is 0 Å². The summed E-state index contributed by atoms with van der Waals surface area (Å²) in [7, 11) is 0. The molecule has 0 saturated carbocycles. The first kappa shape index (κ1) is 16.0. The minimum absolute atomic E-state index is 0.325. The number of piperidine rings is 1. The van der Waals surface area contributed by atoms with E-state index in [1.807, 2.05) is 18.6 Å². The highest BCUT2D eigenvalue weighted by molar-refractivity contribution is 5.28. The van der Waals surface area contributed by atoms with E-state index in [1.165, 1.54) is 12.0 Å². The van der Waals surface area contributed by atoms with E-state index in [1.54, 1.807) is 6.20 Å². The fraction of sp³-hybridized carbons (Fsp3) is 0.500. The van der Waals surface area contributed by atoms with Gasteiger partial charge < -0.3 is 15.0 Å². The number of rotatable bonds is 7. The first-order chi connectivity index (χ1) is 11.3. The molecule has 2 aromatic rings. The second-order valence-corrected chi connectivity index (χ2v) is 6.29. The fourth-order valence-electron chi connectivity index (χ4n) is 3.08. The third-order valence-electron chi connectivity index (χ3n) is 4.24. The van der Waals surface area contributed by atoms with Crippen LogP contribution in [0.3, 0.4) is 0 Å². The zero-order valence-corrected chi connectivity index (χ0v) is 13.6. The van der Waals surface area contributed by atoms with Crippen molar-refractivity contribution < 1.29 is 4.74 Å². The van der Waals surface area contributed by atoms with E-state index in [-0.39, 0.29) is 0 Å². The van der Waals surface area contributed by atoms with Crippen molar-refractivity contribution in [1.82, 2.24) is 14.5 Å². The fourth-order valence-corrected chi connectivity index (χ4v) is 3.08. The van der Waals surface area contributed by atoms with Crippen molar-refractivity contribution >= 4 is 0 Å². The molecule has 1 atom stereocenters. The number of nitrogens with two attached hydrogens (primary N) is 1. The van der Waals surface area contributed by atoms with Crippen LogP contribution < -0.4 is 10.5 Å². The van der Waals surface area contributed by atoms with Crippen LogP contribution >= 0.6 is 0 Å². The molecule has 1 saturated heterocycles. The Morgan fingerprint density at radius 3 is 3.13 bits per heavy atom. The summed E-state index contributed by atoms with van der Waals surface area (Å²) in [5.74, 6) is 0.953. The summed E-state index contributed by atoms with van der Waals surface area (Å²) < 4.78 is 7.95. The summed E-state index contributed by atoms with van der Waals surface area (Å²) in [5, 5.41) is 0. The van der Waals surface area contributed by atoms with Gasteiger partial charge in [0.15, 0.2) is 0 Å². The third-order valence-corrected chi connectivity index (χ3v) is 4.24. The molecule has 1 fully saturated rings. The van der Waals surface area contributed by atoms with Gasteiger partial charge >= 0.3 is 0 Å². The van der Waals surface area contributed by atoms with Gasteiger partial charge in [-0.1, -0.05) is 12.1 Å². The largest absolute Gasteiger partial charge is 0.494 e. The van der Waals surface area contributed by atoms with Crippen LogP contribution in [0.25, 0.3) is 0 Å². The Morgan fingerprint density at radius 2 is 2.30 bits per heavy atom. The van der Waals surface area contributed by atoms with Crippen molar-refractivity contribution in [3.63, 3.8) is 0 Å². The SMILES string of the molecule is N[C@@H]1CCCN(Cc2cccc(OCCCn3ccnc3)c2)C1. The number of nitrogens with zero attached hydrogens (tertiary/aromatic N) is 3. The molecule has 0 amide bonds. The van der Waals surface area contributed by atoms with Crippen LogP contribution in [0.2, 0.25) is 0 Å². The average Bonchev–Trinajstić information content (AvgIpc) is 3.05. The molecule has 23 heavy (non-hydrogen) atoms.